The lowest BCUT2D eigenvalue weighted by molar-refractivity contribution is -0.121. The van der Waals surface area contributed by atoms with Crippen LogP contribution in [0.5, 0.6) is 0 Å². The monoisotopic (exact) mass is 302 g/mol. The van der Waals surface area contributed by atoms with Gasteiger partial charge < -0.3 is 19.9 Å². The molecule has 116 valence electrons. The number of hydrogen-bond donors (Lipinski definition) is 2. The first-order chi connectivity index (χ1) is 10.7. The van der Waals surface area contributed by atoms with E-state index in [2.05, 4.69) is 15.3 Å². The van der Waals surface area contributed by atoms with Gasteiger partial charge >= 0.3 is 6.09 Å². The molecule has 3 rings (SSSR count). The average molecular weight is 302 g/mol. The number of cyclic esters (lactones) is 1. The minimum atomic E-state index is -0.289. The summed E-state index contributed by atoms with van der Waals surface area (Å²) in [5, 5.41) is 2.83. The highest BCUT2D eigenvalue weighted by molar-refractivity contribution is 5.77. The molecule has 2 amide bonds. The van der Waals surface area contributed by atoms with Crippen LogP contribution >= 0.6 is 0 Å². The second kappa shape index (κ2) is 6.46. The molecule has 1 aliphatic heterocycles. The average Bonchev–Trinajstić information content (AvgIpc) is 3.11. The number of nitrogens with one attached hydrogen (secondary N) is 2. The summed E-state index contributed by atoms with van der Waals surface area (Å²) < 4.78 is 4.83. The Kier molecular flexibility index (Phi) is 4.22. The smallest absolute Gasteiger partial charge is 0.409 e. The number of benzene rings is 1. The van der Waals surface area contributed by atoms with Crippen molar-refractivity contribution in [3.8, 4) is 0 Å². The lowest BCUT2D eigenvalue weighted by Gasteiger charge is -2.11. The number of carbonyl (C=O) groups is 2. The van der Waals surface area contributed by atoms with E-state index in [0.717, 1.165) is 16.9 Å². The molecule has 1 saturated heterocycles. The van der Waals surface area contributed by atoms with Gasteiger partial charge in [-0.05, 0) is 18.6 Å². The first kappa shape index (κ1) is 14.4. The van der Waals surface area contributed by atoms with Gasteiger partial charge in [-0.2, -0.15) is 0 Å². The molecule has 0 radical (unpaired) electrons. The maximum atomic E-state index is 11.8. The normalized spacial score (nSPS) is 14.4. The molecule has 0 aliphatic carbocycles. The molecule has 2 N–H and O–H groups in total. The molecule has 0 bridgehead atoms. The number of H-pyrrole nitrogens is 1. The SMILES string of the molecule is O=C(CCCN1CCOC1=O)NCc1nc2ccccc2[nH]1. The van der Waals surface area contributed by atoms with Crippen molar-refractivity contribution < 1.29 is 14.3 Å². The fraction of sp³-hybridized carbons (Fsp3) is 0.400. The summed E-state index contributed by atoms with van der Waals surface area (Å²) in [4.78, 5) is 32.2. The Hall–Kier alpha value is -2.57. The molecular weight excluding hydrogens is 284 g/mol. The summed E-state index contributed by atoms with van der Waals surface area (Å²) in [6.45, 7) is 1.98. The number of aromatic nitrogens is 2. The van der Waals surface area contributed by atoms with Crippen LogP contribution in [0.4, 0.5) is 4.79 Å². The quantitative estimate of drug-likeness (QED) is 0.844. The standard InChI is InChI=1S/C15H18N4O3/c20-14(6-3-7-19-8-9-22-15(19)21)16-10-13-17-11-4-1-2-5-12(11)18-13/h1-2,4-5H,3,6-10H2,(H,16,20)(H,17,18). The van der Waals surface area contributed by atoms with Gasteiger partial charge in [0.2, 0.25) is 5.91 Å². The molecule has 22 heavy (non-hydrogen) atoms. The van der Waals surface area contributed by atoms with Crippen LogP contribution in [-0.2, 0) is 16.1 Å². The van der Waals surface area contributed by atoms with E-state index in [4.69, 9.17) is 4.74 Å². The highest BCUT2D eigenvalue weighted by Gasteiger charge is 2.21. The second-order valence-electron chi connectivity index (χ2n) is 5.18. The molecule has 0 unspecified atom stereocenters. The number of para-hydroxylation sites is 2. The maximum absolute atomic E-state index is 11.8. The Morgan fingerprint density at radius 3 is 3.05 bits per heavy atom. The predicted octanol–water partition coefficient (Wildman–Crippen LogP) is 1.41. The van der Waals surface area contributed by atoms with Crippen molar-refractivity contribution in [1.29, 1.82) is 0 Å². The Labute approximate surface area is 127 Å². The summed E-state index contributed by atoms with van der Waals surface area (Å²) in [6, 6.07) is 7.73. The second-order valence-corrected chi connectivity index (χ2v) is 5.18. The molecule has 0 atom stereocenters. The topological polar surface area (TPSA) is 87.3 Å². The van der Waals surface area contributed by atoms with Gasteiger partial charge in [0.1, 0.15) is 12.4 Å². The summed E-state index contributed by atoms with van der Waals surface area (Å²) in [7, 11) is 0. The number of fused-ring (bicyclic) bond motifs is 1. The molecule has 1 aromatic carbocycles. The lowest BCUT2D eigenvalue weighted by atomic mass is 10.3. The number of aromatic amines is 1. The zero-order valence-electron chi connectivity index (χ0n) is 12.2. The van der Waals surface area contributed by atoms with Gasteiger partial charge in [-0.15, -0.1) is 0 Å². The van der Waals surface area contributed by atoms with Gasteiger partial charge in [0.15, 0.2) is 0 Å². The highest BCUT2D eigenvalue weighted by atomic mass is 16.6. The molecule has 1 aromatic heterocycles. The van der Waals surface area contributed by atoms with Crippen LogP contribution in [0, 0.1) is 0 Å². The van der Waals surface area contributed by atoms with Crippen molar-refractivity contribution in [3.63, 3.8) is 0 Å². The summed E-state index contributed by atoms with van der Waals surface area (Å²) >= 11 is 0. The van der Waals surface area contributed by atoms with Crippen LogP contribution in [0.25, 0.3) is 11.0 Å². The third kappa shape index (κ3) is 3.36. The number of carbonyl (C=O) groups excluding carboxylic acids is 2. The van der Waals surface area contributed by atoms with Crippen LogP contribution < -0.4 is 5.32 Å². The van der Waals surface area contributed by atoms with Gasteiger partial charge in [0, 0.05) is 13.0 Å². The van der Waals surface area contributed by atoms with Crippen LogP contribution in [0.15, 0.2) is 24.3 Å². The molecule has 2 heterocycles. The van der Waals surface area contributed by atoms with Crippen LogP contribution in [0.2, 0.25) is 0 Å². The van der Waals surface area contributed by atoms with Crippen molar-refractivity contribution in [2.24, 2.45) is 0 Å². The first-order valence-electron chi connectivity index (χ1n) is 7.34. The Morgan fingerprint density at radius 2 is 2.27 bits per heavy atom. The predicted molar refractivity (Wildman–Crippen MR) is 80.1 cm³/mol. The zero-order chi connectivity index (χ0) is 15.4. The molecular formula is C15H18N4O3. The maximum Gasteiger partial charge on any atom is 0.409 e. The summed E-state index contributed by atoms with van der Waals surface area (Å²) in [5.74, 6) is 0.686. The van der Waals surface area contributed by atoms with E-state index in [1.807, 2.05) is 24.3 Å². The van der Waals surface area contributed by atoms with Crippen molar-refractivity contribution in [2.75, 3.05) is 19.7 Å². The Balaban J connectivity index is 1.41. The highest BCUT2D eigenvalue weighted by Crippen LogP contribution is 2.10. The van der Waals surface area contributed by atoms with Crippen LogP contribution in [0.3, 0.4) is 0 Å². The van der Waals surface area contributed by atoms with Gasteiger partial charge in [-0.1, -0.05) is 12.1 Å². The molecule has 0 saturated carbocycles. The van der Waals surface area contributed by atoms with Gasteiger partial charge in [-0.25, -0.2) is 9.78 Å². The van der Waals surface area contributed by atoms with Crippen molar-refractivity contribution in [3.05, 3.63) is 30.1 Å². The van der Waals surface area contributed by atoms with E-state index in [9.17, 15) is 9.59 Å². The lowest BCUT2D eigenvalue weighted by Crippen LogP contribution is -2.28. The molecule has 7 heteroatoms. The molecule has 0 spiro atoms. The van der Waals surface area contributed by atoms with Crippen molar-refractivity contribution in [1.82, 2.24) is 20.2 Å². The third-order valence-corrected chi connectivity index (χ3v) is 3.57. The van der Waals surface area contributed by atoms with E-state index in [1.165, 1.54) is 0 Å². The Morgan fingerprint density at radius 1 is 1.41 bits per heavy atom. The van der Waals surface area contributed by atoms with Crippen molar-refractivity contribution >= 4 is 23.0 Å². The molecule has 1 aliphatic rings. The number of nitrogens with zero attached hydrogens (tertiary/aromatic N) is 2. The largest absolute Gasteiger partial charge is 0.448 e. The van der Waals surface area contributed by atoms with Gasteiger partial charge in [-0.3, -0.25) is 4.79 Å². The fourth-order valence-corrected chi connectivity index (χ4v) is 2.42. The molecule has 2 aromatic rings. The van der Waals surface area contributed by atoms with Crippen molar-refractivity contribution in [2.45, 2.75) is 19.4 Å². The van der Waals surface area contributed by atoms with E-state index in [1.54, 1.807) is 4.90 Å². The van der Waals surface area contributed by atoms with Gasteiger partial charge in [0.25, 0.3) is 0 Å². The van der Waals surface area contributed by atoms with E-state index in [0.29, 0.717) is 39.1 Å². The fourth-order valence-electron chi connectivity index (χ4n) is 2.42. The summed E-state index contributed by atoms with van der Waals surface area (Å²) in [6.07, 6.45) is 0.716. The number of imidazole rings is 1. The number of rotatable bonds is 6. The number of hydrogen-bond acceptors (Lipinski definition) is 4. The molecule has 7 nitrogen and oxygen atoms in total. The Bertz CT molecular complexity index is 649. The van der Waals surface area contributed by atoms with E-state index >= 15 is 0 Å². The minimum Gasteiger partial charge on any atom is -0.448 e. The summed E-state index contributed by atoms with van der Waals surface area (Å²) in [5.41, 5.74) is 1.85. The zero-order valence-corrected chi connectivity index (χ0v) is 12.2. The third-order valence-electron chi connectivity index (χ3n) is 3.57. The minimum absolute atomic E-state index is 0.0481. The van der Waals surface area contributed by atoms with E-state index in [-0.39, 0.29) is 12.0 Å². The first-order valence-corrected chi connectivity index (χ1v) is 7.34. The number of ether oxygens (including phenoxy) is 1. The van der Waals surface area contributed by atoms with Crippen LogP contribution in [-0.4, -0.2) is 46.6 Å². The molecule has 1 fully saturated rings. The van der Waals surface area contributed by atoms with Crippen LogP contribution in [0.1, 0.15) is 18.7 Å². The van der Waals surface area contributed by atoms with E-state index < -0.39 is 0 Å². The van der Waals surface area contributed by atoms with Gasteiger partial charge in [0.05, 0.1) is 24.1 Å². The number of amides is 2.